The number of amides is 1. The maximum absolute atomic E-state index is 12.9. The summed E-state index contributed by atoms with van der Waals surface area (Å²) < 4.78 is 16.2. The molecular formula is C26H35N5O5. The molecule has 10 heteroatoms. The van der Waals surface area contributed by atoms with Gasteiger partial charge in [-0.1, -0.05) is 19.9 Å². The number of hydrogen-bond donors (Lipinski definition) is 4. The zero-order valence-corrected chi connectivity index (χ0v) is 21.9. The molecule has 10 nitrogen and oxygen atoms in total. The summed E-state index contributed by atoms with van der Waals surface area (Å²) in [6.07, 6.45) is 0.280. The highest BCUT2D eigenvalue weighted by Crippen LogP contribution is 2.31. The van der Waals surface area contributed by atoms with E-state index in [4.69, 9.17) is 14.2 Å². The van der Waals surface area contributed by atoms with E-state index in [0.29, 0.717) is 46.5 Å². The van der Waals surface area contributed by atoms with Crippen LogP contribution in [0, 0.1) is 5.41 Å². The minimum absolute atomic E-state index is 0.280. The number of anilines is 2. The Morgan fingerprint density at radius 3 is 2.33 bits per heavy atom. The van der Waals surface area contributed by atoms with Crippen LogP contribution < -0.4 is 30.4 Å². The first-order valence-electron chi connectivity index (χ1n) is 11.6. The minimum atomic E-state index is -0.991. The molecular weight excluding hydrogens is 462 g/mol. The first-order valence-corrected chi connectivity index (χ1v) is 11.6. The molecule has 0 fully saturated rings. The summed E-state index contributed by atoms with van der Waals surface area (Å²) in [5, 5.41) is 14.1. The van der Waals surface area contributed by atoms with Gasteiger partial charge in [-0.2, -0.15) is 4.98 Å². The van der Waals surface area contributed by atoms with Crippen LogP contribution in [0.5, 0.6) is 17.2 Å². The fourth-order valence-electron chi connectivity index (χ4n) is 4.08. The van der Waals surface area contributed by atoms with Gasteiger partial charge in [0.2, 0.25) is 11.9 Å². The van der Waals surface area contributed by atoms with Gasteiger partial charge in [-0.05, 0) is 44.5 Å². The number of aromatic nitrogens is 2. The van der Waals surface area contributed by atoms with Crippen LogP contribution in [0.4, 0.5) is 11.8 Å². The second kappa shape index (κ2) is 10.9. The largest absolute Gasteiger partial charge is 0.497 e. The van der Waals surface area contributed by atoms with Crippen molar-refractivity contribution in [3.63, 3.8) is 0 Å². The van der Waals surface area contributed by atoms with Crippen LogP contribution in [0.3, 0.4) is 0 Å². The fourth-order valence-corrected chi connectivity index (χ4v) is 4.08. The second-order valence-corrected chi connectivity index (χ2v) is 9.74. The number of nitrogens with zero attached hydrogens (tertiary/aromatic N) is 2. The lowest BCUT2D eigenvalue weighted by Gasteiger charge is -2.30. The van der Waals surface area contributed by atoms with Gasteiger partial charge in [0.25, 0.3) is 0 Å². The number of hydrogen-bond acceptors (Lipinski definition) is 9. The number of benzene rings is 2. The summed E-state index contributed by atoms with van der Waals surface area (Å²) in [6.45, 7) is 7.29. The molecule has 0 atom stereocenters. The van der Waals surface area contributed by atoms with Crippen molar-refractivity contribution < 1.29 is 24.1 Å². The van der Waals surface area contributed by atoms with Crippen molar-refractivity contribution in [3.05, 3.63) is 42.0 Å². The van der Waals surface area contributed by atoms with Gasteiger partial charge >= 0.3 is 0 Å². The van der Waals surface area contributed by atoms with Gasteiger partial charge in [0, 0.05) is 29.0 Å². The normalized spacial score (nSPS) is 11.7. The number of carbonyl (C=O) groups excluding carboxylic acids is 1. The number of para-hydroxylation sites is 1. The molecule has 0 saturated heterocycles. The number of hydrazine groups is 1. The van der Waals surface area contributed by atoms with Gasteiger partial charge in [-0.25, -0.2) is 4.98 Å². The van der Waals surface area contributed by atoms with Gasteiger partial charge in [0.05, 0.1) is 26.9 Å². The van der Waals surface area contributed by atoms with E-state index in [9.17, 15) is 9.90 Å². The predicted octanol–water partition coefficient (Wildman–Crippen LogP) is 3.90. The summed E-state index contributed by atoms with van der Waals surface area (Å²) in [4.78, 5) is 22.1. The zero-order chi connectivity index (χ0) is 26.5. The van der Waals surface area contributed by atoms with E-state index >= 15 is 0 Å². The average molecular weight is 498 g/mol. The molecule has 3 rings (SSSR count). The predicted molar refractivity (Wildman–Crippen MR) is 139 cm³/mol. The van der Waals surface area contributed by atoms with Gasteiger partial charge in [-0.15, -0.1) is 0 Å². The Morgan fingerprint density at radius 2 is 1.69 bits per heavy atom. The van der Waals surface area contributed by atoms with Crippen molar-refractivity contribution in [2.24, 2.45) is 5.41 Å². The number of fused-ring (bicyclic) bond motifs is 1. The van der Waals surface area contributed by atoms with Crippen molar-refractivity contribution in [2.45, 2.75) is 46.3 Å². The maximum atomic E-state index is 12.9. The van der Waals surface area contributed by atoms with E-state index in [-0.39, 0.29) is 12.3 Å². The Labute approximate surface area is 211 Å². The maximum Gasteiger partial charge on any atom is 0.244 e. The lowest BCUT2D eigenvalue weighted by molar-refractivity contribution is -0.131. The average Bonchev–Trinajstić information content (AvgIpc) is 2.83. The number of rotatable bonds is 11. The molecule has 0 aliphatic carbocycles. The van der Waals surface area contributed by atoms with E-state index in [1.807, 2.05) is 24.3 Å². The molecule has 0 unspecified atom stereocenters. The summed E-state index contributed by atoms with van der Waals surface area (Å²) in [6, 6.07) is 11.0. The minimum Gasteiger partial charge on any atom is -0.497 e. The molecule has 0 saturated carbocycles. The van der Waals surface area contributed by atoms with Crippen molar-refractivity contribution in [1.29, 1.82) is 0 Å². The Kier molecular flexibility index (Phi) is 8.09. The Balaban J connectivity index is 1.89. The van der Waals surface area contributed by atoms with Crippen molar-refractivity contribution in [3.8, 4) is 17.2 Å². The van der Waals surface area contributed by atoms with E-state index in [2.05, 4.69) is 26.1 Å². The number of nitrogens with one attached hydrogen (secondary N) is 3. The molecule has 0 radical (unpaired) electrons. The molecule has 1 aromatic heterocycles. The van der Waals surface area contributed by atoms with Crippen LogP contribution in [0.1, 0.15) is 39.7 Å². The highest BCUT2D eigenvalue weighted by molar-refractivity contribution is 5.95. The smallest absolute Gasteiger partial charge is 0.244 e. The molecule has 0 spiro atoms. The molecule has 2 aromatic carbocycles. The molecule has 0 aliphatic heterocycles. The molecule has 3 aromatic rings. The highest BCUT2D eigenvalue weighted by atomic mass is 16.5. The first kappa shape index (κ1) is 26.8. The van der Waals surface area contributed by atoms with Crippen molar-refractivity contribution in [2.75, 3.05) is 32.1 Å². The summed E-state index contributed by atoms with van der Waals surface area (Å²) in [7, 11) is 4.77. The lowest BCUT2D eigenvalue weighted by Crippen LogP contribution is -2.43. The molecule has 4 N–H and O–H groups in total. The number of ether oxygens (including phenoxy) is 3. The van der Waals surface area contributed by atoms with Crippen LogP contribution in [0.2, 0.25) is 0 Å². The summed E-state index contributed by atoms with van der Waals surface area (Å²) in [5.74, 6) is 2.37. The van der Waals surface area contributed by atoms with Crippen LogP contribution in [-0.2, 0) is 11.3 Å². The Bertz CT molecular complexity index is 1220. The fraction of sp³-hybridized carbons (Fsp3) is 0.423. The molecule has 194 valence electrons. The molecule has 0 bridgehead atoms. The van der Waals surface area contributed by atoms with Crippen LogP contribution in [-0.4, -0.2) is 47.9 Å². The molecule has 0 aliphatic rings. The van der Waals surface area contributed by atoms with Crippen molar-refractivity contribution >= 4 is 28.6 Å². The third kappa shape index (κ3) is 6.45. The van der Waals surface area contributed by atoms with E-state index in [1.54, 1.807) is 61.2 Å². The van der Waals surface area contributed by atoms with Gasteiger partial charge in [-0.3, -0.25) is 15.6 Å². The second-order valence-electron chi connectivity index (χ2n) is 9.74. The van der Waals surface area contributed by atoms with Gasteiger partial charge in [0.15, 0.2) is 5.82 Å². The highest BCUT2D eigenvalue weighted by Gasteiger charge is 2.33. The van der Waals surface area contributed by atoms with Crippen LogP contribution in [0.25, 0.3) is 10.9 Å². The Hall–Kier alpha value is -3.79. The molecule has 1 heterocycles. The van der Waals surface area contributed by atoms with Crippen LogP contribution in [0.15, 0.2) is 36.4 Å². The van der Waals surface area contributed by atoms with Crippen molar-refractivity contribution in [1.82, 2.24) is 15.4 Å². The summed E-state index contributed by atoms with van der Waals surface area (Å²) >= 11 is 0. The van der Waals surface area contributed by atoms with Crippen LogP contribution >= 0.6 is 0 Å². The summed E-state index contributed by atoms with van der Waals surface area (Å²) in [5.41, 5.74) is 5.32. The third-order valence-electron chi connectivity index (χ3n) is 5.62. The first-order chi connectivity index (χ1) is 17.0. The Morgan fingerprint density at radius 1 is 0.972 bits per heavy atom. The zero-order valence-electron chi connectivity index (χ0n) is 21.9. The van der Waals surface area contributed by atoms with Gasteiger partial charge in [0.1, 0.15) is 22.8 Å². The monoisotopic (exact) mass is 497 g/mol. The van der Waals surface area contributed by atoms with E-state index in [0.717, 1.165) is 5.56 Å². The molecule has 1 amide bonds. The van der Waals surface area contributed by atoms with E-state index in [1.165, 1.54) is 0 Å². The number of aliphatic hydroxyl groups is 1. The topological polar surface area (TPSA) is 127 Å². The number of methoxy groups -OCH3 is 3. The van der Waals surface area contributed by atoms with E-state index < -0.39 is 11.0 Å². The van der Waals surface area contributed by atoms with Gasteiger partial charge < -0.3 is 24.6 Å². The number of carbonyl (C=O) groups is 1. The standard InChI is InChI=1S/C26H35N5O5/c1-25(2,15-26(3,4)33)23(32)31-30-22-18-9-8-10-19(35-6)21(18)28-24(29-22)27-14-16-11-12-17(34-5)13-20(16)36-7/h8-13,33H,14-15H2,1-7H3,(H,31,32)(H2,27,28,29,30). The lowest BCUT2D eigenvalue weighted by atomic mass is 9.81. The quantitative estimate of drug-likeness (QED) is 0.292. The third-order valence-corrected chi connectivity index (χ3v) is 5.62. The molecule has 36 heavy (non-hydrogen) atoms. The SMILES string of the molecule is COc1ccc(CNc2nc(NNC(=O)C(C)(C)CC(C)(C)O)c3cccc(OC)c3n2)c(OC)c1.